The molecule has 0 aliphatic rings. The number of rotatable bonds is 3. The van der Waals surface area contributed by atoms with Crippen LogP contribution < -0.4 is 11.5 Å². The third kappa shape index (κ3) is 2.50. The Bertz CT molecular complexity index is 911. The Kier molecular flexibility index (Phi) is 3.50. The van der Waals surface area contributed by atoms with Gasteiger partial charge in [0, 0.05) is 18.2 Å². The van der Waals surface area contributed by atoms with E-state index in [0.717, 1.165) is 4.57 Å². The summed E-state index contributed by atoms with van der Waals surface area (Å²) < 4.78 is 19.5. The summed E-state index contributed by atoms with van der Waals surface area (Å²) in [6, 6.07) is 10.8. The summed E-state index contributed by atoms with van der Waals surface area (Å²) in [7, 11) is 0. The number of nitrogen functional groups attached to an aromatic ring is 1. The van der Waals surface area contributed by atoms with Crippen LogP contribution in [0.3, 0.4) is 0 Å². The highest BCUT2D eigenvalue weighted by atomic mass is 19.1. The van der Waals surface area contributed by atoms with E-state index in [2.05, 4.69) is 0 Å². The Morgan fingerprint density at radius 2 is 2.00 bits per heavy atom. The van der Waals surface area contributed by atoms with Crippen LogP contribution in [0.15, 0.2) is 51.7 Å². The van der Waals surface area contributed by atoms with Crippen LogP contribution in [0, 0.1) is 5.82 Å². The number of carbonyl (C=O) groups excluding carboxylic acids is 1. The molecule has 5 nitrogen and oxygen atoms in total. The molecule has 0 fully saturated rings. The lowest BCUT2D eigenvalue weighted by Gasteiger charge is -2.03. The average Bonchev–Trinajstić information content (AvgIpc) is 2.81. The number of hydrogen-bond donors (Lipinski definition) is 1. The minimum Gasteiger partial charge on any atom is -0.407 e. The summed E-state index contributed by atoms with van der Waals surface area (Å²) in [6.45, 7) is 0. The van der Waals surface area contributed by atoms with Crippen molar-refractivity contribution in [2.45, 2.75) is 12.8 Å². The number of aromatic nitrogens is 1. The van der Waals surface area contributed by atoms with Gasteiger partial charge in [0.25, 0.3) is 0 Å². The maximum absolute atomic E-state index is 13.5. The number of oxazole rings is 1. The van der Waals surface area contributed by atoms with E-state index in [1.165, 1.54) is 12.1 Å². The predicted molar refractivity (Wildman–Crippen MR) is 80.2 cm³/mol. The molecule has 0 aliphatic heterocycles. The highest BCUT2D eigenvalue weighted by Gasteiger charge is 2.16. The van der Waals surface area contributed by atoms with Crippen LogP contribution >= 0.6 is 0 Å². The fourth-order valence-corrected chi connectivity index (χ4v) is 2.33. The highest BCUT2D eigenvalue weighted by molar-refractivity contribution is 5.90. The van der Waals surface area contributed by atoms with Crippen molar-refractivity contribution in [2.75, 3.05) is 5.73 Å². The van der Waals surface area contributed by atoms with Gasteiger partial charge in [-0.3, -0.25) is 4.79 Å². The average molecular weight is 300 g/mol. The first-order chi connectivity index (χ1) is 10.6. The van der Waals surface area contributed by atoms with Gasteiger partial charge in [-0.05, 0) is 30.2 Å². The number of nitrogens with zero attached hydrogens (tertiary/aromatic N) is 1. The molecule has 1 heterocycles. The molecule has 0 spiro atoms. The number of nitrogens with two attached hydrogens (primary N) is 1. The van der Waals surface area contributed by atoms with Gasteiger partial charge in [0.05, 0.1) is 5.52 Å². The van der Waals surface area contributed by atoms with Crippen LogP contribution in [0.2, 0.25) is 0 Å². The van der Waals surface area contributed by atoms with E-state index in [1.54, 1.807) is 30.3 Å². The molecule has 112 valence electrons. The molecule has 0 radical (unpaired) electrons. The standard InChI is InChI=1S/C16H13FN2O3/c17-12-4-2-1-3-10(12)5-8-15(20)19-13-7-6-11(18)9-14(13)22-16(19)21/h1-4,6-7,9H,5,8,18H2. The van der Waals surface area contributed by atoms with E-state index in [1.807, 2.05) is 0 Å². The third-order valence-corrected chi connectivity index (χ3v) is 3.42. The van der Waals surface area contributed by atoms with Gasteiger partial charge in [-0.2, -0.15) is 0 Å². The van der Waals surface area contributed by atoms with Crippen molar-refractivity contribution >= 4 is 22.7 Å². The van der Waals surface area contributed by atoms with Crippen LogP contribution in [0.25, 0.3) is 11.1 Å². The van der Waals surface area contributed by atoms with Gasteiger partial charge in [0.1, 0.15) is 5.82 Å². The highest BCUT2D eigenvalue weighted by Crippen LogP contribution is 2.17. The second-order valence-corrected chi connectivity index (χ2v) is 4.92. The zero-order valence-corrected chi connectivity index (χ0v) is 11.6. The molecule has 0 saturated carbocycles. The zero-order chi connectivity index (χ0) is 15.7. The minimum absolute atomic E-state index is 0.000149. The van der Waals surface area contributed by atoms with E-state index >= 15 is 0 Å². The fraction of sp³-hybridized carbons (Fsp3) is 0.125. The number of aryl methyl sites for hydroxylation is 1. The van der Waals surface area contributed by atoms with Crippen molar-refractivity contribution in [2.24, 2.45) is 0 Å². The minimum atomic E-state index is -0.765. The molecule has 0 aliphatic carbocycles. The lowest BCUT2D eigenvalue weighted by Crippen LogP contribution is -2.22. The summed E-state index contributed by atoms with van der Waals surface area (Å²) >= 11 is 0. The summed E-state index contributed by atoms with van der Waals surface area (Å²) in [4.78, 5) is 24.1. The molecule has 0 atom stereocenters. The SMILES string of the molecule is Nc1ccc2c(c1)oc(=O)n2C(=O)CCc1ccccc1F. The summed E-state index contributed by atoms with van der Waals surface area (Å²) in [5.41, 5.74) is 7.09. The maximum Gasteiger partial charge on any atom is 0.426 e. The van der Waals surface area contributed by atoms with Gasteiger partial charge < -0.3 is 10.2 Å². The number of benzene rings is 2. The number of carbonyl (C=O) groups is 1. The van der Waals surface area contributed by atoms with Crippen LogP contribution in [0.4, 0.5) is 10.1 Å². The summed E-state index contributed by atoms with van der Waals surface area (Å²) in [5, 5.41) is 0. The number of fused-ring (bicyclic) bond motifs is 1. The maximum atomic E-state index is 13.5. The van der Waals surface area contributed by atoms with Crippen molar-refractivity contribution in [1.82, 2.24) is 4.57 Å². The van der Waals surface area contributed by atoms with E-state index < -0.39 is 11.7 Å². The molecule has 1 aromatic heterocycles. The third-order valence-electron chi connectivity index (χ3n) is 3.42. The first kappa shape index (κ1) is 14.1. The molecule has 3 aromatic rings. The number of hydrogen-bond acceptors (Lipinski definition) is 4. The van der Waals surface area contributed by atoms with Crippen LogP contribution in [-0.4, -0.2) is 10.5 Å². The molecule has 0 amide bonds. The van der Waals surface area contributed by atoms with Gasteiger partial charge in [-0.1, -0.05) is 18.2 Å². The first-order valence-electron chi connectivity index (χ1n) is 6.74. The molecule has 3 rings (SSSR count). The van der Waals surface area contributed by atoms with Gasteiger partial charge in [0.2, 0.25) is 5.91 Å². The Labute approximate surface area is 124 Å². The van der Waals surface area contributed by atoms with Crippen LogP contribution in [-0.2, 0) is 6.42 Å². The largest absolute Gasteiger partial charge is 0.426 e. The molecule has 0 saturated heterocycles. The molecule has 0 bridgehead atoms. The van der Waals surface area contributed by atoms with Crippen molar-refractivity contribution in [3.8, 4) is 0 Å². The predicted octanol–water partition coefficient (Wildman–Crippen LogP) is 2.59. The molecule has 2 N–H and O–H groups in total. The quantitative estimate of drug-likeness (QED) is 0.754. The van der Waals surface area contributed by atoms with E-state index in [0.29, 0.717) is 16.8 Å². The second kappa shape index (κ2) is 5.48. The van der Waals surface area contributed by atoms with Gasteiger partial charge in [-0.15, -0.1) is 0 Å². The molecule has 2 aromatic carbocycles. The Balaban J connectivity index is 1.88. The molecule has 6 heteroatoms. The summed E-state index contributed by atoms with van der Waals surface area (Å²) in [6.07, 6.45) is 0.208. The Hall–Kier alpha value is -2.89. The van der Waals surface area contributed by atoms with Crippen molar-refractivity contribution in [1.29, 1.82) is 0 Å². The van der Waals surface area contributed by atoms with E-state index in [9.17, 15) is 14.0 Å². The Morgan fingerprint density at radius 3 is 2.77 bits per heavy atom. The topological polar surface area (TPSA) is 78.2 Å². The van der Waals surface area contributed by atoms with Gasteiger partial charge in [0.15, 0.2) is 5.58 Å². The first-order valence-corrected chi connectivity index (χ1v) is 6.74. The lowest BCUT2D eigenvalue weighted by molar-refractivity contribution is 0.0899. The van der Waals surface area contributed by atoms with Gasteiger partial charge >= 0.3 is 5.76 Å². The fourth-order valence-electron chi connectivity index (χ4n) is 2.33. The Morgan fingerprint density at radius 1 is 1.23 bits per heavy atom. The van der Waals surface area contributed by atoms with E-state index in [-0.39, 0.29) is 24.2 Å². The molecular weight excluding hydrogens is 287 g/mol. The van der Waals surface area contributed by atoms with Crippen molar-refractivity contribution in [3.05, 3.63) is 64.4 Å². The normalized spacial score (nSPS) is 11.0. The van der Waals surface area contributed by atoms with E-state index in [4.69, 9.17) is 10.2 Å². The number of halogens is 1. The monoisotopic (exact) mass is 300 g/mol. The summed E-state index contributed by atoms with van der Waals surface area (Å²) in [5.74, 6) is -1.58. The smallest absolute Gasteiger partial charge is 0.407 e. The molecular formula is C16H13FN2O3. The van der Waals surface area contributed by atoms with Crippen LogP contribution in [0.1, 0.15) is 16.8 Å². The molecule has 22 heavy (non-hydrogen) atoms. The zero-order valence-electron chi connectivity index (χ0n) is 11.6. The van der Waals surface area contributed by atoms with Crippen molar-refractivity contribution in [3.63, 3.8) is 0 Å². The second-order valence-electron chi connectivity index (χ2n) is 4.92. The van der Waals surface area contributed by atoms with Crippen LogP contribution in [0.5, 0.6) is 0 Å². The molecule has 0 unspecified atom stereocenters. The van der Waals surface area contributed by atoms with Gasteiger partial charge in [-0.25, -0.2) is 13.8 Å². The van der Waals surface area contributed by atoms with Crippen molar-refractivity contribution < 1.29 is 13.6 Å². The lowest BCUT2D eigenvalue weighted by atomic mass is 10.1. The number of anilines is 1.